The van der Waals surface area contributed by atoms with Crippen LogP contribution in [0.15, 0.2) is 48.8 Å². The zero-order valence-electron chi connectivity index (χ0n) is 12.5. The van der Waals surface area contributed by atoms with Gasteiger partial charge in [-0.05, 0) is 42.0 Å². The van der Waals surface area contributed by atoms with Crippen molar-refractivity contribution < 1.29 is 9.59 Å². The molecule has 114 valence electrons. The number of pyridine rings is 1. The van der Waals surface area contributed by atoms with Gasteiger partial charge in [0.25, 0.3) is 0 Å². The molecule has 0 aliphatic rings. The molecule has 0 radical (unpaired) electrons. The summed E-state index contributed by atoms with van der Waals surface area (Å²) in [5, 5.41) is 5.47. The van der Waals surface area contributed by atoms with E-state index in [1.807, 2.05) is 12.1 Å². The Morgan fingerprint density at radius 1 is 1.00 bits per heavy atom. The molecule has 0 aliphatic heterocycles. The highest BCUT2D eigenvalue weighted by molar-refractivity contribution is 5.91. The molecule has 22 heavy (non-hydrogen) atoms. The average Bonchev–Trinajstić information content (AvgIpc) is 2.49. The molecule has 0 saturated heterocycles. The van der Waals surface area contributed by atoms with E-state index in [2.05, 4.69) is 15.6 Å². The summed E-state index contributed by atoms with van der Waals surface area (Å²) in [6.07, 6.45) is 3.39. The van der Waals surface area contributed by atoms with Gasteiger partial charge in [0.15, 0.2) is 0 Å². The van der Waals surface area contributed by atoms with Crippen molar-refractivity contribution >= 4 is 23.3 Å². The normalized spacial score (nSPS) is 9.91. The van der Waals surface area contributed by atoms with Crippen molar-refractivity contribution in [3.05, 3.63) is 54.4 Å². The van der Waals surface area contributed by atoms with Crippen LogP contribution >= 0.6 is 0 Å². The maximum atomic E-state index is 12.1. The lowest BCUT2D eigenvalue weighted by Crippen LogP contribution is -2.30. The fraction of sp³-hybridized carbons (Fsp3) is 0.188. The summed E-state index contributed by atoms with van der Waals surface area (Å²) in [5.74, 6) is -0.131. The molecule has 6 nitrogen and oxygen atoms in total. The number of hydrogen-bond donors (Lipinski definition) is 2. The topological polar surface area (TPSA) is 74.3 Å². The number of carbonyl (C=O) groups excluding carboxylic acids is 2. The van der Waals surface area contributed by atoms with Crippen LogP contribution < -0.4 is 10.6 Å². The van der Waals surface area contributed by atoms with E-state index in [9.17, 15) is 9.59 Å². The van der Waals surface area contributed by atoms with Gasteiger partial charge in [-0.1, -0.05) is 0 Å². The van der Waals surface area contributed by atoms with Crippen molar-refractivity contribution in [3.8, 4) is 0 Å². The maximum absolute atomic E-state index is 12.1. The van der Waals surface area contributed by atoms with Crippen molar-refractivity contribution in [2.75, 3.05) is 17.7 Å². The van der Waals surface area contributed by atoms with Gasteiger partial charge in [-0.25, -0.2) is 4.79 Å². The van der Waals surface area contributed by atoms with Crippen LogP contribution in [0.5, 0.6) is 0 Å². The van der Waals surface area contributed by atoms with E-state index >= 15 is 0 Å². The van der Waals surface area contributed by atoms with Gasteiger partial charge in [0.05, 0.1) is 0 Å². The number of carbonyl (C=O) groups is 2. The summed E-state index contributed by atoms with van der Waals surface area (Å²) in [4.78, 5) is 28.6. The number of nitrogens with zero attached hydrogens (tertiary/aromatic N) is 2. The highest BCUT2D eigenvalue weighted by Gasteiger charge is 2.09. The summed E-state index contributed by atoms with van der Waals surface area (Å²) < 4.78 is 0. The second kappa shape index (κ2) is 7.21. The Morgan fingerprint density at radius 2 is 1.55 bits per heavy atom. The molecule has 2 aromatic rings. The number of amides is 3. The van der Waals surface area contributed by atoms with E-state index < -0.39 is 0 Å². The first-order chi connectivity index (χ1) is 10.5. The lowest BCUT2D eigenvalue weighted by Gasteiger charge is -2.18. The first-order valence-corrected chi connectivity index (χ1v) is 6.83. The van der Waals surface area contributed by atoms with Gasteiger partial charge in [-0.3, -0.25) is 9.78 Å². The van der Waals surface area contributed by atoms with E-state index in [4.69, 9.17) is 0 Å². The molecule has 2 N–H and O–H groups in total. The molecule has 0 aliphatic carbocycles. The molecule has 0 saturated carbocycles. The maximum Gasteiger partial charge on any atom is 0.321 e. The lowest BCUT2D eigenvalue weighted by atomic mass is 10.2. The minimum Gasteiger partial charge on any atom is -0.326 e. The molecular formula is C16H18N4O2. The van der Waals surface area contributed by atoms with Gasteiger partial charge in [-0.2, -0.15) is 0 Å². The van der Waals surface area contributed by atoms with Crippen LogP contribution in [0.3, 0.4) is 0 Å². The molecule has 6 heteroatoms. The highest BCUT2D eigenvalue weighted by atomic mass is 16.2. The summed E-state index contributed by atoms with van der Waals surface area (Å²) in [7, 11) is 1.72. The molecule has 3 amide bonds. The lowest BCUT2D eigenvalue weighted by molar-refractivity contribution is -0.114. The van der Waals surface area contributed by atoms with Gasteiger partial charge in [0.1, 0.15) is 0 Å². The fourth-order valence-electron chi connectivity index (χ4n) is 1.89. The molecule has 1 heterocycles. The Bertz CT molecular complexity index is 641. The molecule has 0 spiro atoms. The van der Waals surface area contributed by atoms with Crippen molar-refractivity contribution in [1.29, 1.82) is 0 Å². The Hall–Kier alpha value is -2.89. The zero-order chi connectivity index (χ0) is 15.9. The minimum absolute atomic E-state index is 0.131. The quantitative estimate of drug-likeness (QED) is 0.911. The number of anilines is 2. The predicted molar refractivity (Wildman–Crippen MR) is 85.5 cm³/mol. The number of hydrogen-bond acceptors (Lipinski definition) is 3. The van der Waals surface area contributed by atoms with Crippen molar-refractivity contribution in [1.82, 2.24) is 9.88 Å². The molecule has 2 rings (SSSR count). The Morgan fingerprint density at radius 3 is 2.09 bits per heavy atom. The standard InChI is InChI=1S/C16H18N4O2/c1-12(21)18-14-3-5-15(6-4-14)19-16(22)20(2)11-13-7-9-17-10-8-13/h3-10H,11H2,1-2H3,(H,18,21)(H,19,22). The van der Waals surface area contributed by atoms with Crippen LogP contribution in [-0.2, 0) is 11.3 Å². The average molecular weight is 298 g/mol. The van der Waals surface area contributed by atoms with Crippen LogP contribution in [0.25, 0.3) is 0 Å². The first-order valence-electron chi connectivity index (χ1n) is 6.83. The molecular weight excluding hydrogens is 280 g/mol. The summed E-state index contributed by atoms with van der Waals surface area (Å²) >= 11 is 0. The SMILES string of the molecule is CC(=O)Nc1ccc(NC(=O)N(C)Cc2ccncc2)cc1. The van der Waals surface area contributed by atoms with Crippen molar-refractivity contribution in [2.45, 2.75) is 13.5 Å². The number of urea groups is 1. The van der Waals surface area contributed by atoms with Gasteiger partial charge in [0.2, 0.25) is 5.91 Å². The number of aromatic nitrogens is 1. The van der Waals surface area contributed by atoms with E-state index in [-0.39, 0.29) is 11.9 Å². The van der Waals surface area contributed by atoms with Gasteiger partial charge in [0, 0.05) is 44.3 Å². The molecule has 0 bridgehead atoms. The monoisotopic (exact) mass is 298 g/mol. The number of nitrogens with one attached hydrogen (secondary N) is 2. The number of benzene rings is 1. The summed E-state index contributed by atoms with van der Waals surface area (Å²) in [6, 6.07) is 10.5. The molecule has 0 unspecified atom stereocenters. The Labute approximate surface area is 129 Å². The van der Waals surface area contributed by atoms with Crippen LogP contribution in [0.4, 0.5) is 16.2 Å². The third-order valence-electron chi connectivity index (χ3n) is 2.97. The molecule has 0 atom stereocenters. The van der Waals surface area contributed by atoms with Crippen LogP contribution in [0, 0.1) is 0 Å². The number of rotatable bonds is 4. The van der Waals surface area contributed by atoms with Crippen molar-refractivity contribution in [3.63, 3.8) is 0 Å². The smallest absolute Gasteiger partial charge is 0.321 e. The van der Waals surface area contributed by atoms with Gasteiger partial charge >= 0.3 is 6.03 Å². The fourth-order valence-corrected chi connectivity index (χ4v) is 1.89. The molecule has 0 fully saturated rings. The third kappa shape index (κ3) is 4.59. The largest absolute Gasteiger partial charge is 0.326 e. The summed E-state index contributed by atoms with van der Waals surface area (Å²) in [5.41, 5.74) is 2.37. The Balaban J connectivity index is 1.92. The molecule has 1 aromatic carbocycles. The zero-order valence-corrected chi connectivity index (χ0v) is 12.5. The second-order valence-corrected chi connectivity index (χ2v) is 4.90. The van der Waals surface area contributed by atoms with Crippen LogP contribution in [0.1, 0.15) is 12.5 Å². The van der Waals surface area contributed by atoms with Gasteiger partial charge in [-0.15, -0.1) is 0 Å². The second-order valence-electron chi connectivity index (χ2n) is 4.90. The van der Waals surface area contributed by atoms with Crippen LogP contribution in [-0.4, -0.2) is 28.9 Å². The van der Waals surface area contributed by atoms with E-state index in [0.717, 1.165) is 5.56 Å². The Kier molecular flexibility index (Phi) is 5.08. The predicted octanol–water partition coefficient (Wildman–Crippen LogP) is 2.70. The van der Waals surface area contributed by atoms with E-state index in [1.54, 1.807) is 48.6 Å². The van der Waals surface area contributed by atoms with Crippen LogP contribution in [0.2, 0.25) is 0 Å². The molecule has 1 aromatic heterocycles. The third-order valence-corrected chi connectivity index (χ3v) is 2.97. The van der Waals surface area contributed by atoms with Crippen molar-refractivity contribution in [2.24, 2.45) is 0 Å². The van der Waals surface area contributed by atoms with Gasteiger partial charge < -0.3 is 15.5 Å². The minimum atomic E-state index is -0.205. The highest BCUT2D eigenvalue weighted by Crippen LogP contribution is 2.14. The van der Waals surface area contributed by atoms with E-state index in [1.165, 1.54) is 6.92 Å². The summed E-state index contributed by atoms with van der Waals surface area (Å²) in [6.45, 7) is 1.95. The van der Waals surface area contributed by atoms with E-state index in [0.29, 0.717) is 17.9 Å². The first kappa shape index (κ1) is 15.5.